The van der Waals surface area contributed by atoms with Gasteiger partial charge in [0, 0.05) is 22.5 Å². The van der Waals surface area contributed by atoms with E-state index in [1.54, 1.807) is 24.4 Å². The molecule has 1 N–H and O–H groups in total. The summed E-state index contributed by atoms with van der Waals surface area (Å²) in [5, 5.41) is 13.8. The van der Waals surface area contributed by atoms with E-state index in [-0.39, 0.29) is 11.7 Å². The molecule has 0 unspecified atom stereocenters. The van der Waals surface area contributed by atoms with Gasteiger partial charge in [-0.25, -0.2) is 5.43 Å². The van der Waals surface area contributed by atoms with Crippen molar-refractivity contribution in [1.82, 2.24) is 25.2 Å². The highest BCUT2D eigenvalue weighted by Crippen LogP contribution is 2.28. The molecule has 0 bridgehead atoms. The first-order chi connectivity index (χ1) is 15.2. The zero-order valence-corrected chi connectivity index (χ0v) is 17.8. The van der Waals surface area contributed by atoms with Crippen molar-refractivity contribution in [3.8, 4) is 17.1 Å². The van der Waals surface area contributed by atoms with Crippen molar-refractivity contribution in [2.75, 3.05) is 5.75 Å². The molecule has 0 atom stereocenters. The van der Waals surface area contributed by atoms with E-state index in [0.29, 0.717) is 21.7 Å². The summed E-state index contributed by atoms with van der Waals surface area (Å²) in [7, 11) is 0. The molecule has 0 aliphatic heterocycles. The minimum Gasteiger partial charge on any atom is -0.272 e. The average Bonchev–Trinajstić information content (AvgIpc) is 3.23. The van der Waals surface area contributed by atoms with E-state index in [1.807, 2.05) is 59.2 Å². The van der Waals surface area contributed by atoms with Gasteiger partial charge in [0.1, 0.15) is 0 Å². The molecule has 4 rings (SSSR count). The fourth-order valence-electron chi connectivity index (χ4n) is 2.75. The number of hydrogen-bond acceptors (Lipinski definition) is 6. The molecule has 4 aromatic rings. The first-order valence-corrected chi connectivity index (χ1v) is 10.7. The molecular formula is C22H17ClN6OS. The van der Waals surface area contributed by atoms with Gasteiger partial charge < -0.3 is 0 Å². The number of carbonyl (C=O) groups is 1. The van der Waals surface area contributed by atoms with Crippen LogP contribution >= 0.6 is 23.4 Å². The van der Waals surface area contributed by atoms with Crippen LogP contribution in [0.1, 0.15) is 5.69 Å². The van der Waals surface area contributed by atoms with Crippen LogP contribution in [-0.2, 0) is 4.79 Å². The van der Waals surface area contributed by atoms with Gasteiger partial charge in [0.2, 0.25) is 0 Å². The van der Waals surface area contributed by atoms with Gasteiger partial charge >= 0.3 is 0 Å². The molecule has 0 radical (unpaired) electrons. The van der Waals surface area contributed by atoms with Crippen LogP contribution in [0.5, 0.6) is 0 Å². The number of nitrogens with zero attached hydrogens (tertiary/aromatic N) is 5. The van der Waals surface area contributed by atoms with E-state index in [4.69, 9.17) is 11.6 Å². The molecule has 2 aromatic carbocycles. The number of rotatable bonds is 7. The molecule has 0 spiro atoms. The number of halogens is 1. The minimum absolute atomic E-state index is 0.125. The number of carbonyl (C=O) groups excluding carboxylic acids is 1. The first kappa shape index (κ1) is 20.8. The molecule has 7 nitrogen and oxygen atoms in total. The maximum absolute atomic E-state index is 12.2. The molecule has 2 heterocycles. The summed E-state index contributed by atoms with van der Waals surface area (Å²) in [6.45, 7) is 0. The second-order valence-electron chi connectivity index (χ2n) is 6.32. The lowest BCUT2D eigenvalue weighted by atomic mass is 10.2. The van der Waals surface area contributed by atoms with Crippen molar-refractivity contribution in [3.05, 3.63) is 89.7 Å². The fraction of sp³-hybridized carbons (Fsp3) is 0.0455. The second-order valence-corrected chi connectivity index (χ2v) is 7.70. The highest BCUT2D eigenvalue weighted by Gasteiger charge is 2.17. The van der Waals surface area contributed by atoms with Gasteiger partial charge in [-0.05, 0) is 36.4 Å². The lowest BCUT2D eigenvalue weighted by Crippen LogP contribution is -2.20. The molecule has 31 heavy (non-hydrogen) atoms. The van der Waals surface area contributed by atoms with Crippen molar-refractivity contribution >= 4 is 35.5 Å². The number of hydrazone groups is 1. The van der Waals surface area contributed by atoms with Gasteiger partial charge in [-0.15, -0.1) is 10.2 Å². The molecule has 154 valence electrons. The largest absolute Gasteiger partial charge is 0.272 e. The number of hydrogen-bond donors (Lipinski definition) is 1. The summed E-state index contributed by atoms with van der Waals surface area (Å²) in [6.07, 6.45) is 3.15. The van der Waals surface area contributed by atoms with E-state index in [9.17, 15) is 4.79 Å². The number of thioether (sulfide) groups is 1. The number of benzene rings is 2. The monoisotopic (exact) mass is 448 g/mol. The molecule has 0 saturated heterocycles. The van der Waals surface area contributed by atoms with Crippen molar-refractivity contribution in [2.45, 2.75) is 5.16 Å². The van der Waals surface area contributed by atoms with Crippen molar-refractivity contribution in [3.63, 3.8) is 0 Å². The Morgan fingerprint density at radius 1 is 1.03 bits per heavy atom. The third-order valence-electron chi connectivity index (χ3n) is 4.16. The van der Waals surface area contributed by atoms with Crippen LogP contribution in [0.3, 0.4) is 0 Å². The maximum Gasteiger partial charge on any atom is 0.250 e. The normalized spacial score (nSPS) is 11.0. The summed E-state index contributed by atoms with van der Waals surface area (Å²) < 4.78 is 1.90. The zero-order valence-electron chi connectivity index (χ0n) is 16.2. The van der Waals surface area contributed by atoms with Crippen LogP contribution in [0.15, 0.2) is 89.3 Å². The second kappa shape index (κ2) is 10.0. The van der Waals surface area contributed by atoms with Gasteiger partial charge in [0.05, 0.1) is 17.7 Å². The van der Waals surface area contributed by atoms with Crippen LogP contribution in [-0.4, -0.2) is 37.6 Å². The van der Waals surface area contributed by atoms with Crippen molar-refractivity contribution in [2.24, 2.45) is 5.10 Å². The van der Waals surface area contributed by atoms with E-state index in [1.165, 1.54) is 18.0 Å². The highest BCUT2D eigenvalue weighted by molar-refractivity contribution is 7.99. The van der Waals surface area contributed by atoms with Crippen molar-refractivity contribution < 1.29 is 4.79 Å². The summed E-state index contributed by atoms with van der Waals surface area (Å²) in [5.74, 6) is 0.545. The Kier molecular flexibility index (Phi) is 6.71. The van der Waals surface area contributed by atoms with E-state index in [2.05, 4.69) is 25.7 Å². The molecule has 0 saturated carbocycles. The molecule has 1 amide bonds. The molecule has 9 heteroatoms. The standard InChI is InChI=1S/C22H17ClN6OS/c23-17-9-11-19(12-10-17)29-21(16-6-2-1-3-7-16)27-28-22(29)31-15-20(30)26-25-14-18-8-4-5-13-24-18/h1-14H,15H2,(H,26,30)/b25-14+. The maximum atomic E-state index is 12.2. The third-order valence-corrected chi connectivity index (χ3v) is 5.34. The summed E-state index contributed by atoms with van der Waals surface area (Å²) >= 11 is 7.32. The van der Waals surface area contributed by atoms with E-state index >= 15 is 0 Å². The summed E-state index contributed by atoms with van der Waals surface area (Å²) in [6, 6.07) is 22.6. The van der Waals surface area contributed by atoms with Gasteiger partial charge in [-0.2, -0.15) is 5.10 Å². The quantitative estimate of drug-likeness (QED) is 0.260. The fourth-order valence-corrected chi connectivity index (χ4v) is 3.62. The van der Waals surface area contributed by atoms with Crippen LogP contribution in [0.25, 0.3) is 17.1 Å². The van der Waals surface area contributed by atoms with E-state index in [0.717, 1.165) is 11.3 Å². The number of pyridine rings is 1. The molecule has 0 aliphatic carbocycles. The molecular weight excluding hydrogens is 432 g/mol. The molecule has 0 fully saturated rings. The van der Waals surface area contributed by atoms with E-state index < -0.39 is 0 Å². The summed E-state index contributed by atoms with van der Waals surface area (Å²) in [4.78, 5) is 16.4. The Labute approximate surface area is 188 Å². The van der Waals surface area contributed by atoms with Gasteiger partial charge in [-0.1, -0.05) is 59.8 Å². The predicted molar refractivity (Wildman–Crippen MR) is 123 cm³/mol. The molecule has 0 aliphatic rings. The van der Waals surface area contributed by atoms with Gasteiger partial charge in [-0.3, -0.25) is 14.3 Å². The lowest BCUT2D eigenvalue weighted by molar-refractivity contribution is -0.118. The minimum atomic E-state index is -0.260. The lowest BCUT2D eigenvalue weighted by Gasteiger charge is -2.10. The summed E-state index contributed by atoms with van der Waals surface area (Å²) in [5.41, 5.74) is 4.93. The number of nitrogens with one attached hydrogen (secondary N) is 1. The van der Waals surface area contributed by atoms with Gasteiger partial charge in [0.15, 0.2) is 11.0 Å². The van der Waals surface area contributed by atoms with Crippen molar-refractivity contribution in [1.29, 1.82) is 0 Å². The van der Waals surface area contributed by atoms with Crippen LogP contribution < -0.4 is 5.43 Å². The topological polar surface area (TPSA) is 85.1 Å². The Hall–Kier alpha value is -3.49. The first-order valence-electron chi connectivity index (χ1n) is 9.33. The number of amides is 1. The Morgan fingerprint density at radius 2 is 1.81 bits per heavy atom. The molecule has 2 aromatic heterocycles. The van der Waals surface area contributed by atoms with Crippen LogP contribution in [0.2, 0.25) is 5.02 Å². The highest BCUT2D eigenvalue weighted by atomic mass is 35.5. The van der Waals surface area contributed by atoms with Gasteiger partial charge in [0.25, 0.3) is 5.91 Å². The SMILES string of the molecule is O=C(CSc1nnc(-c2ccccc2)n1-c1ccc(Cl)cc1)N/N=C/c1ccccn1. The smallest absolute Gasteiger partial charge is 0.250 e. The third kappa shape index (κ3) is 5.36. The average molecular weight is 449 g/mol. The van der Waals surface area contributed by atoms with Crippen LogP contribution in [0.4, 0.5) is 0 Å². The Bertz CT molecular complexity index is 1180. The number of aromatic nitrogens is 4. The Morgan fingerprint density at radius 3 is 2.55 bits per heavy atom. The predicted octanol–water partition coefficient (Wildman–Crippen LogP) is 4.23. The Balaban J connectivity index is 1.51. The van der Waals surface area contributed by atoms with Crippen LogP contribution in [0, 0.1) is 0 Å². The zero-order chi connectivity index (χ0) is 21.5.